The standard InChI is InChI=1S/C15H15ClO3/c1-4-18-15(17)13-9(2)14(19-10(13)3)11-5-7-12(16)8-6-11/h5-8H,4H2,1-3H3. The molecule has 19 heavy (non-hydrogen) atoms. The van der Waals surface area contributed by atoms with Crippen LogP contribution in [-0.2, 0) is 4.74 Å². The highest BCUT2D eigenvalue weighted by Crippen LogP contribution is 2.31. The predicted octanol–water partition coefficient (Wildman–Crippen LogP) is 4.39. The van der Waals surface area contributed by atoms with Crippen LogP contribution in [0.5, 0.6) is 0 Å². The van der Waals surface area contributed by atoms with Crippen molar-refractivity contribution in [3.8, 4) is 11.3 Å². The van der Waals surface area contributed by atoms with Crippen LogP contribution in [0.3, 0.4) is 0 Å². The number of hydrogen-bond donors (Lipinski definition) is 0. The normalized spacial score (nSPS) is 10.5. The fraction of sp³-hybridized carbons (Fsp3) is 0.267. The van der Waals surface area contributed by atoms with Crippen LogP contribution >= 0.6 is 11.6 Å². The van der Waals surface area contributed by atoms with E-state index < -0.39 is 0 Å². The molecule has 1 heterocycles. The Balaban J connectivity index is 2.46. The third-order valence-electron chi connectivity index (χ3n) is 2.91. The molecule has 0 atom stereocenters. The molecule has 100 valence electrons. The number of esters is 1. The van der Waals surface area contributed by atoms with Gasteiger partial charge in [0.1, 0.15) is 17.1 Å². The van der Waals surface area contributed by atoms with E-state index in [1.54, 1.807) is 26.0 Å². The Hall–Kier alpha value is -1.74. The first-order chi connectivity index (χ1) is 9.04. The quantitative estimate of drug-likeness (QED) is 0.782. The fourth-order valence-corrected chi connectivity index (χ4v) is 2.16. The number of halogens is 1. The SMILES string of the molecule is CCOC(=O)c1c(C)oc(-c2ccc(Cl)cc2)c1C. The maximum absolute atomic E-state index is 11.9. The highest BCUT2D eigenvalue weighted by molar-refractivity contribution is 6.30. The average molecular weight is 279 g/mol. The van der Waals surface area contributed by atoms with E-state index in [1.807, 2.05) is 19.1 Å². The van der Waals surface area contributed by atoms with Crippen LogP contribution in [0.15, 0.2) is 28.7 Å². The van der Waals surface area contributed by atoms with Crippen LogP contribution in [0.25, 0.3) is 11.3 Å². The Morgan fingerprint density at radius 1 is 1.26 bits per heavy atom. The summed E-state index contributed by atoms with van der Waals surface area (Å²) in [5.41, 5.74) is 2.19. The molecule has 0 fully saturated rings. The van der Waals surface area contributed by atoms with Gasteiger partial charge in [-0.2, -0.15) is 0 Å². The second-order valence-electron chi connectivity index (χ2n) is 4.21. The van der Waals surface area contributed by atoms with Gasteiger partial charge in [-0.25, -0.2) is 4.79 Å². The van der Waals surface area contributed by atoms with Crippen LogP contribution in [-0.4, -0.2) is 12.6 Å². The maximum atomic E-state index is 11.9. The molecule has 2 aromatic rings. The first-order valence-corrected chi connectivity index (χ1v) is 6.45. The Morgan fingerprint density at radius 2 is 1.89 bits per heavy atom. The van der Waals surface area contributed by atoms with Crippen LogP contribution in [0, 0.1) is 13.8 Å². The Morgan fingerprint density at radius 3 is 2.47 bits per heavy atom. The molecule has 0 unspecified atom stereocenters. The number of carbonyl (C=O) groups excluding carboxylic acids is 1. The van der Waals surface area contributed by atoms with Crippen molar-refractivity contribution in [1.82, 2.24) is 0 Å². The van der Waals surface area contributed by atoms with Gasteiger partial charge in [0, 0.05) is 16.1 Å². The van der Waals surface area contributed by atoms with E-state index in [0.717, 1.165) is 11.1 Å². The van der Waals surface area contributed by atoms with E-state index >= 15 is 0 Å². The predicted molar refractivity (Wildman–Crippen MR) is 74.6 cm³/mol. The highest BCUT2D eigenvalue weighted by Gasteiger charge is 2.22. The van der Waals surface area contributed by atoms with E-state index in [4.69, 9.17) is 20.8 Å². The number of furan rings is 1. The number of aryl methyl sites for hydroxylation is 1. The van der Waals surface area contributed by atoms with Crippen LogP contribution in [0.4, 0.5) is 0 Å². The number of hydrogen-bond acceptors (Lipinski definition) is 3. The summed E-state index contributed by atoms with van der Waals surface area (Å²) in [6, 6.07) is 7.31. The van der Waals surface area contributed by atoms with Gasteiger partial charge in [-0.05, 0) is 45.0 Å². The second-order valence-corrected chi connectivity index (χ2v) is 4.65. The Kier molecular flexibility index (Phi) is 3.96. The van der Waals surface area contributed by atoms with Crippen molar-refractivity contribution in [1.29, 1.82) is 0 Å². The molecule has 4 heteroatoms. The van der Waals surface area contributed by atoms with Gasteiger partial charge in [0.25, 0.3) is 0 Å². The average Bonchev–Trinajstić information content (AvgIpc) is 2.66. The van der Waals surface area contributed by atoms with Crippen molar-refractivity contribution in [2.45, 2.75) is 20.8 Å². The first-order valence-electron chi connectivity index (χ1n) is 6.07. The summed E-state index contributed by atoms with van der Waals surface area (Å²) >= 11 is 5.86. The second kappa shape index (κ2) is 5.49. The number of benzene rings is 1. The van der Waals surface area contributed by atoms with Gasteiger partial charge < -0.3 is 9.15 Å². The lowest BCUT2D eigenvalue weighted by atomic mass is 10.1. The van der Waals surface area contributed by atoms with Crippen molar-refractivity contribution < 1.29 is 13.9 Å². The molecule has 2 rings (SSSR count). The molecule has 0 N–H and O–H groups in total. The minimum Gasteiger partial charge on any atom is -0.462 e. The lowest BCUT2D eigenvalue weighted by molar-refractivity contribution is 0.0523. The van der Waals surface area contributed by atoms with Gasteiger partial charge in [-0.1, -0.05) is 11.6 Å². The molecule has 0 bridgehead atoms. The highest BCUT2D eigenvalue weighted by atomic mass is 35.5. The number of rotatable bonds is 3. The summed E-state index contributed by atoms with van der Waals surface area (Å²) in [7, 11) is 0. The van der Waals surface area contributed by atoms with Crippen molar-refractivity contribution >= 4 is 17.6 Å². The zero-order valence-corrected chi connectivity index (χ0v) is 11.9. The van der Waals surface area contributed by atoms with Crippen molar-refractivity contribution in [2.75, 3.05) is 6.61 Å². The fourth-order valence-electron chi connectivity index (χ4n) is 2.04. The van der Waals surface area contributed by atoms with Crippen LogP contribution in [0.2, 0.25) is 5.02 Å². The van der Waals surface area contributed by atoms with Gasteiger partial charge in [0.15, 0.2) is 0 Å². The molecule has 0 aliphatic rings. The molecule has 0 saturated heterocycles. The maximum Gasteiger partial charge on any atom is 0.341 e. The van der Waals surface area contributed by atoms with E-state index in [0.29, 0.717) is 28.7 Å². The molecule has 0 aliphatic carbocycles. The zero-order chi connectivity index (χ0) is 14.0. The molecular weight excluding hydrogens is 264 g/mol. The minimum atomic E-state index is -0.346. The molecule has 0 radical (unpaired) electrons. The summed E-state index contributed by atoms with van der Waals surface area (Å²) < 4.78 is 10.7. The molecule has 1 aromatic heterocycles. The van der Waals surface area contributed by atoms with Gasteiger partial charge in [-0.15, -0.1) is 0 Å². The molecule has 0 aliphatic heterocycles. The first kappa shape index (κ1) is 13.7. The molecule has 0 saturated carbocycles. The van der Waals surface area contributed by atoms with E-state index in [1.165, 1.54) is 0 Å². The molecule has 0 amide bonds. The summed E-state index contributed by atoms with van der Waals surface area (Å²) in [6.07, 6.45) is 0. The van der Waals surface area contributed by atoms with Crippen molar-refractivity contribution in [3.63, 3.8) is 0 Å². The van der Waals surface area contributed by atoms with Gasteiger partial charge in [-0.3, -0.25) is 0 Å². The monoisotopic (exact) mass is 278 g/mol. The lowest BCUT2D eigenvalue weighted by Gasteiger charge is -2.01. The molecule has 0 spiro atoms. The molecule has 1 aromatic carbocycles. The third-order valence-corrected chi connectivity index (χ3v) is 3.16. The van der Waals surface area contributed by atoms with Crippen LogP contribution in [0.1, 0.15) is 28.6 Å². The van der Waals surface area contributed by atoms with Gasteiger partial charge >= 0.3 is 5.97 Å². The Labute approximate surface area is 117 Å². The van der Waals surface area contributed by atoms with Crippen LogP contribution < -0.4 is 0 Å². The molecular formula is C15H15ClO3. The van der Waals surface area contributed by atoms with E-state index in [9.17, 15) is 4.79 Å². The zero-order valence-electron chi connectivity index (χ0n) is 11.1. The largest absolute Gasteiger partial charge is 0.462 e. The van der Waals surface area contributed by atoms with Crippen molar-refractivity contribution in [3.05, 3.63) is 46.2 Å². The smallest absolute Gasteiger partial charge is 0.341 e. The third kappa shape index (κ3) is 2.66. The Bertz CT molecular complexity index is 597. The summed E-state index contributed by atoms with van der Waals surface area (Å²) in [6.45, 7) is 5.74. The summed E-state index contributed by atoms with van der Waals surface area (Å²) in [4.78, 5) is 11.9. The van der Waals surface area contributed by atoms with E-state index in [-0.39, 0.29) is 5.97 Å². The van der Waals surface area contributed by atoms with Gasteiger partial charge in [0.05, 0.1) is 6.61 Å². The van der Waals surface area contributed by atoms with Gasteiger partial charge in [0.2, 0.25) is 0 Å². The number of ether oxygens (including phenoxy) is 1. The van der Waals surface area contributed by atoms with E-state index in [2.05, 4.69) is 0 Å². The molecule has 3 nitrogen and oxygen atoms in total. The van der Waals surface area contributed by atoms with Crippen molar-refractivity contribution in [2.24, 2.45) is 0 Å². The lowest BCUT2D eigenvalue weighted by Crippen LogP contribution is -2.06. The number of carbonyl (C=O) groups is 1. The summed E-state index contributed by atoms with van der Waals surface area (Å²) in [5.74, 6) is 0.902. The topological polar surface area (TPSA) is 39.4 Å². The minimum absolute atomic E-state index is 0.346. The summed E-state index contributed by atoms with van der Waals surface area (Å²) in [5, 5.41) is 0.662.